The Kier molecular flexibility index (Phi) is 10.1. The molecule has 2 N–H and O–H groups in total. The van der Waals surface area contributed by atoms with Crippen molar-refractivity contribution in [2.24, 2.45) is 0 Å². The Hall–Kier alpha value is -1.48. The van der Waals surface area contributed by atoms with Crippen LogP contribution in [0.1, 0.15) is 27.0 Å². The summed E-state index contributed by atoms with van der Waals surface area (Å²) in [5.74, 6) is 0.794. The third-order valence-electron chi connectivity index (χ3n) is 4.92. The number of ketones is 1. The molecule has 28 heavy (non-hydrogen) atoms. The number of aliphatic hydroxyl groups excluding tert-OH is 2. The average Bonchev–Trinajstić information content (AvgIpc) is 2.64. The van der Waals surface area contributed by atoms with Crippen molar-refractivity contribution in [3.05, 3.63) is 64.7 Å². The minimum atomic E-state index is 0. The number of hydrogen-bond donors (Lipinski definition) is 2. The molecule has 0 heterocycles. The van der Waals surface area contributed by atoms with Crippen molar-refractivity contribution >= 4 is 5.78 Å². The van der Waals surface area contributed by atoms with Gasteiger partial charge in [0.1, 0.15) is 32.0 Å². The minimum Gasteiger partial charge on any atom is -1.00 e. The normalized spacial score (nSPS) is 11.0. The van der Waals surface area contributed by atoms with E-state index in [1.54, 1.807) is 0 Å². The summed E-state index contributed by atoms with van der Waals surface area (Å²) in [5, 5.41) is 18.5. The van der Waals surface area contributed by atoms with Crippen molar-refractivity contribution in [2.75, 3.05) is 46.5 Å². The van der Waals surface area contributed by atoms with Crippen LogP contribution in [-0.2, 0) is 0 Å². The molecule has 5 nitrogen and oxygen atoms in total. The highest BCUT2D eigenvalue weighted by molar-refractivity contribution is 6.09. The zero-order valence-electron chi connectivity index (χ0n) is 16.8. The Balaban J connectivity index is 0.00000392. The van der Waals surface area contributed by atoms with Crippen LogP contribution in [0, 0.1) is 13.8 Å². The van der Waals surface area contributed by atoms with E-state index in [-0.39, 0.29) is 43.0 Å². The summed E-state index contributed by atoms with van der Waals surface area (Å²) in [7, 11) is 2.00. The molecule has 2 aromatic carbocycles. The van der Waals surface area contributed by atoms with Crippen molar-refractivity contribution in [1.82, 2.24) is 0 Å². The second kappa shape index (κ2) is 11.5. The van der Waals surface area contributed by atoms with Crippen molar-refractivity contribution in [2.45, 2.75) is 13.8 Å². The number of quaternary nitrogens is 1. The number of aryl methyl sites for hydroxylation is 2. The van der Waals surface area contributed by atoms with Crippen molar-refractivity contribution in [3.8, 4) is 5.75 Å². The molecule has 0 fully saturated rings. The van der Waals surface area contributed by atoms with Crippen LogP contribution in [0.3, 0.4) is 0 Å². The molecule has 0 amide bonds. The number of benzene rings is 2. The Morgan fingerprint density at radius 2 is 1.46 bits per heavy atom. The molecule has 0 saturated carbocycles. The second-order valence-electron chi connectivity index (χ2n) is 7.22. The van der Waals surface area contributed by atoms with E-state index in [2.05, 4.69) is 0 Å². The number of carbonyl (C=O) groups excluding carboxylic acids is 1. The van der Waals surface area contributed by atoms with Crippen LogP contribution in [0.2, 0.25) is 0 Å². The zero-order valence-corrected chi connectivity index (χ0v) is 19.0. The van der Waals surface area contributed by atoms with E-state index in [1.807, 2.05) is 63.4 Å². The van der Waals surface area contributed by atoms with Crippen molar-refractivity contribution in [3.63, 3.8) is 0 Å². The summed E-state index contributed by atoms with van der Waals surface area (Å²) in [4.78, 5) is 12.7. The van der Waals surface area contributed by atoms with Gasteiger partial charge in [0.25, 0.3) is 0 Å². The zero-order chi connectivity index (χ0) is 19.9. The third-order valence-corrected chi connectivity index (χ3v) is 4.92. The Morgan fingerprint density at radius 3 is 1.96 bits per heavy atom. The van der Waals surface area contributed by atoms with E-state index in [4.69, 9.17) is 4.74 Å². The topological polar surface area (TPSA) is 66.8 Å². The number of aliphatic hydroxyl groups is 2. The molecular formula is C22H30INO4. The molecule has 0 saturated heterocycles. The maximum absolute atomic E-state index is 12.7. The third kappa shape index (κ3) is 6.55. The van der Waals surface area contributed by atoms with Gasteiger partial charge in [-0.1, -0.05) is 30.3 Å². The molecule has 0 spiro atoms. The lowest BCUT2D eigenvalue weighted by Crippen LogP contribution is -3.00. The maximum atomic E-state index is 12.7. The van der Waals surface area contributed by atoms with Gasteiger partial charge in [-0.3, -0.25) is 4.79 Å². The Morgan fingerprint density at radius 1 is 0.929 bits per heavy atom. The SMILES string of the molecule is Cc1cc(C(=O)c2ccccc2)cc(C)c1OCC[N+](C)(CCO)CCO.[I-]. The molecule has 6 heteroatoms. The van der Waals surface area contributed by atoms with E-state index in [0.29, 0.717) is 41.9 Å². The van der Waals surface area contributed by atoms with Gasteiger partial charge in [0.15, 0.2) is 5.78 Å². The minimum absolute atomic E-state index is 0. The highest BCUT2D eigenvalue weighted by Crippen LogP contribution is 2.26. The van der Waals surface area contributed by atoms with E-state index < -0.39 is 0 Å². The summed E-state index contributed by atoms with van der Waals surface area (Å²) >= 11 is 0. The fraction of sp³-hybridized carbons (Fsp3) is 0.409. The first kappa shape index (κ1) is 24.6. The molecule has 0 aliphatic carbocycles. The van der Waals surface area contributed by atoms with Gasteiger partial charge in [0, 0.05) is 11.1 Å². The molecule has 2 aromatic rings. The smallest absolute Gasteiger partial charge is 0.193 e. The fourth-order valence-electron chi connectivity index (χ4n) is 3.25. The first-order valence-corrected chi connectivity index (χ1v) is 9.29. The van der Waals surface area contributed by atoms with Gasteiger partial charge < -0.3 is 43.4 Å². The highest BCUT2D eigenvalue weighted by Gasteiger charge is 2.21. The number of halogens is 1. The summed E-state index contributed by atoms with van der Waals surface area (Å²) in [6, 6.07) is 13.0. The number of likely N-dealkylation sites (N-methyl/N-ethyl adjacent to an activating group) is 1. The van der Waals surface area contributed by atoms with E-state index in [9.17, 15) is 15.0 Å². The number of hydrogen-bond acceptors (Lipinski definition) is 4. The molecule has 0 unspecified atom stereocenters. The molecule has 0 aliphatic rings. The fourth-order valence-corrected chi connectivity index (χ4v) is 3.25. The van der Waals surface area contributed by atoms with E-state index in [0.717, 1.165) is 16.9 Å². The largest absolute Gasteiger partial charge is 1.00 e. The van der Waals surface area contributed by atoms with Crippen LogP contribution in [0.4, 0.5) is 0 Å². The van der Waals surface area contributed by atoms with Crippen LogP contribution >= 0.6 is 0 Å². The van der Waals surface area contributed by atoms with Gasteiger partial charge in [0.05, 0.1) is 20.3 Å². The van der Waals surface area contributed by atoms with Crippen molar-refractivity contribution in [1.29, 1.82) is 0 Å². The molecule has 154 valence electrons. The van der Waals surface area contributed by atoms with Gasteiger partial charge >= 0.3 is 0 Å². The first-order chi connectivity index (χ1) is 12.9. The van der Waals surface area contributed by atoms with Gasteiger partial charge in [-0.2, -0.15) is 0 Å². The number of ether oxygens (including phenoxy) is 1. The molecule has 2 rings (SSSR count). The molecule has 0 aliphatic heterocycles. The summed E-state index contributed by atoms with van der Waals surface area (Å²) in [6.45, 7) is 6.35. The molecule has 0 bridgehead atoms. The Bertz CT molecular complexity index is 735. The van der Waals surface area contributed by atoms with Crippen LogP contribution in [0.25, 0.3) is 0 Å². The maximum Gasteiger partial charge on any atom is 0.193 e. The predicted octanol–water partition coefficient (Wildman–Crippen LogP) is -0.652. The highest BCUT2D eigenvalue weighted by atomic mass is 127. The van der Waals surface area contributed by atoms with Crippen LogP contribution in [0.5, 0.6) is 5.75 Å². The number of carbonyl (C=O) groups is 1. The van der Waals surface area contributed by atoms with Crippen LogP contribution < -0.4 is 28.7 Å². The van der Waals surface area contributed by atoms with Crippen LogP contribution in [-0.4, -0.2) is 67.0 Å². The summed E-state index contributed by atoms with van der Waals surface area (Å²) in [6.07, 6.45) is 0. The van der Waals surface area contributed by atoms with Gasteiger partial charge in [-0.25, -0.2) is 0 Å². The Labute approximate surface area is 184 Å². The van der Waals surface area contributed by atoms with E-state index in [1.165, 1.54) is 0 Å². The summed E-state index contributed by atoms with van der Waals surface area (Å²) < 4.78 is 6.56. The van der Waals surface area contributed by atoms with Crippen LogP contribution in [0.15, 0.2) is 42.5 Å². The molecule has 0 atom stereocenters. The summed E-state index contributed by atoms with van der Waals surface area (Å²) in [5.41, 5.74) is 3.18. The number of rotatable bonds is 10. The molecule has 0 radical (unpaired) electrons. The monoisotopic (exact) mass is 499 g/mol. The average molecular weight is 499 g/mol. The lowest BCUT2D eigenvalue weighted by atomic mass is 9.98. The lowest BCUT2D eigenvalue weighted by Gasteiger charge is -2.33. The van der Waals surface area contributed by atoms with Gasteiger partial charge in [-0.15, -0.1) is 0 Å². The number of nitrogens with zero attached hydrogens (tertiary/aromatic N) is 1. The quantitative estimate of drug-likeness (QED) is 0.259. The standard InChI is InChI=1S/C22H30NO4.HI/c1-17-15-20(21(26)19-7-5-4-6-8-19)16-18(2)22(17)27-14-11-23(3,9-12-24)10-13-25;/h4-8,15-16,24-25H,9-14H2,1-3H3;1H/q+1;/p-1. The predicted molar refractivity (Wildman–Crippen MR) is 106 cm³/mol. The molecule has 0 aromatic heterocycles. The molecular weight excluding hydrogens is 469 g/mol. The first-order valence-electron chi connectivity index (χ1n) is 9.29. The van der Waals surface area contributed by atoms with E-state index >= 15 is 0 Å². The van der Waals surface area contributed by atoms with Gasteiger partial charge in [0.2, 0.25) is 0 Å². The van der Waals surface area contributed by atoms with Gasteiger partial charge in [-0.05, 0) is 37.1 Å². The van der Waals surface area contributed by atoms with Crippen molar-refractivity contribution < 1.29 is 48.2 Å². The second-order valence-corrected chi connectivity index (χ2v) is 7.22. The lowest BCUT2D eigenvalue weighted by molar-refractivity contribution is -0.910.